The molecular formula is C10H21NO4S2. The standard InChI is InChI=1S/C10H21NO4S2/c1-3-16-7-6-9(2)11-17(14,15)8-4-5-10(12)13/h9,11H,3-8H2,1-2H3,(H,12,13). The van der Waals surface area contributed by atoms with Crippen molar-refractivity contribution in [1.29, 1.82) is 0 Å². The molecule has 17 heavy (non-hydrogen) atoms. The van der Waals surface area contributed by atoms with Gasteiger partial charge in [0.2, 0.25) is 10.0 Å². The lowest BCUT2D eigenvalue weighted by Gasteiger charge is -2.13. The Hall–Kier alpha value is -0.270. The maximum Gasteiger partial charge on any atom is 0.303 e. The summed E-state index contributed by atoms with van der Waals surface area (Å²) < 4.78 is 25.6. The first-order chi connectivity index (χ1) is 7.87. The Morgan fingerprint density at radius 1 is 1.47 bits per heavy atom. The van der Waals surface area contributed by atoms with Crippen LogP contribution in [0.2, 0.25) is 0 Å². The monoisotopic (exact) mass is 283 g/mol. The molecule has 0 spiro atoms. The van der Waals surface area contributed by atoms with Crippen LogP contribution in [0.5, 0.6) is 0 Å². The smallest absolute Gasteiger partial charge is 0.303 e. The predicted molar refractivity (Wildman–Crippen MR) is 70.9 cm³/mol. The molecule has 102 valence electrons. The summed E-state index contributed by atoms with van der Waals surface area (Å²) >= 11 is 1.77. The van der Waals surface area contributed by atoms with Gasteiger partial charge < -0.3 is 5.11 Å². The van der Waals surface area contributed by atoms with Crippen molar-refractivity contribution < 1.29 is 18.3 Å². The van der Waals surface area contributed by atoms with E-state index in [1.807, 2.05) is 6.92 Å². The fourth-order valence-electron chi connectivity index (χ4n) is 1.24. The predicted octanol–water partition coefficient (Wildman–Crippen LogP) is 1.30. The number of carboxylic acid groups (broad SMARTS) is 1. The van der Waals surface area contributed by atoms with Crippen molar-refractivity contribution in [3.63, 3.8) is 0 Å². The van der Waals surface area contributed by atoms with E-state index in [9.17, 15) is 13.2 Å². The van der Waals surface area contributed by atoms with Crippen molar-refractivity contribution in [2.75, 3.05) is 17.3 Å². The minimum absolute atomic E-state index is 0.0936. The quantitative estimate of drug-likeness (QED) is 0.590. The van der Waals surface area contributed by atoms with Crippen LogP contribution in [0.4, 0.5) is 0 Å². The largest absolute Gasteiger partial charge is 0.481 e. The van der Waals surface area contributed by atoms with Gasteiger partial charge in [-0.05, 0) is 31.3 Å². The molecule has 7 heteroatoms. The van der Waals surface area contributed by atoms with E-state index in [0.717, 1.165) is 17.9 Å². The summed E-state index contributed by atoms with van der Waals surface area (Å²) in [6.45, 7) is 3.89. The number of aliphatic carboxylic acids is 1. The molecule has 0 heterocycles. The number of rotatable bonds is 10. The Labute approximate surface area is 107 Å². The van der Waals surface area contributed by atoms with E-state index in [-0.39, 0.29) is 24.6 Å². The van der Waals surface area contributed by atoms with Gasteiger partial charge in [-0.15, -0.1) is 0 Å². The number of hydrogen-bond acceptors (Lipinski definition) is 4. The summed E-state index contributed by atoms with van der Waals surface area (Å²) in [6.07, 6.45) is 0.832. The van der Waals surface area contributed by atoms with E-state index in [0.29, 0.717) is 0 Å². The van der Waals surface area contributed by atoms with Gasteiger partial charge in [0.25, 0.3) is 0 Å². The summed E-state index contributed by atoms with van der Waals surface area (Å²) in [6, 6.07) is -0.0936. The number of nitrogens with one attached hydrogen (secondary N) is 1. The van der Waals surface area contributed by atoms with Crippen LogP contribution in [-0.2, 0) is 14.8 Å². The van der Waals surface area contributed by atoms with E-state index in [1.54, 1.807) is 11.8 Å². The van der Waals surface area contributed by atoms with Crippen molar-refractivity contribution in [1.82, 2.24) is 4.72 Å². The SMILES string of the molecule is CCSCCC(C)NS(=O)(=O)CCCC(=O)O. The lowest BCUT2D eigenvalue weighted by Crippen LogP contribution is -2.34. The van der Waals surface area contributed by atoms with Crippen molar-refractivity contribution in [2.45, 2.75) is 39.2 Å². The van der Waals surface area contributed by atoms with Crippen molar-refractivity contribution in [3.8, 4) is 0 Å². The van der Waals surface area contributed by atoms with Gasteiger partial charge in [-0.1, -0.05) is 6.92 Å². The molecule has 0 bridgehead atoms. The second kappa shape index (κ2) is 8.77. The highest BCUT2D eigenvalue weighted by Crippen LogP contribution is 2.05. The van der Waals surface area contributed by atoms with Crippen LogP contribution < -0.4 is 4.72 Å². The Morgan fingerprint density at radius 3 is 2.65 bits per heavy atom. The van der Waals surface area contributed by atoms with Crippen LogP contribution in [-0.4, -0.2) is 42.8 Å². The van der Waals surface area contributed by atoms with E-state index in [4.69, 9.17) is 5.11 Å². The van der Waals surface area contributed by atoms with Crippen LogP contribution in [0.25, 0.3) is 0 Å². The first-order valence-electron chi connectivity index (χ1n) is 5.67. The fraction of sp³-hybridized carbons (Fsp3) is 0.900. The van der Waals surface area contributed by atoms with Gasteiger partial charge in [0, 0.05) is 12.5 Å². The zero-order valence-electron chi connectivity index (χ0n) is 10.3. The molecule has 0 saturated heterocycles. The second-order valence-electron chi connectivity index (χ2n) is 3.82. The van der Waals surface area contributed by atoms with Crippen LogP contribution in [0.1, 0.15) is 33.1 Å². The molecule has 2 N–H and O–H groups in total. The third kappa shape index (κ3) is 10.6. The van der Waals surface area contributed by atoms with E-state index in [2.05, 4.69) is 11.6 Å². The molecule has 0 aromatic heterocycles. The Bertz CT molecular complexity index is 316. The van der Waals surface area contributed by atoms with Crippen LogP contribution >= 0.6 is 11.8 Å². The highest BCUT2D eigenvalue weighted by atomic mass is 32.2. The molecule has 0 aliphatic carbocycles. The van der Waals surface area contributed by atoms with E-state index in [1.165, 1.54) is 0 Å². The summed E-state index contributed by atoms with van der Waals surface area (Å²) in [5, 5.41) is 8.42. The Morgan fingerprint density at radius 2 is 2.12 bits per heavy atom. The molecule has 0 saturated carbocycles. The van der Waals surface area contributed by atoms with Crippen molar-refractivity contribution >= 4 is 27.8 Å². The molecule has 0 fully saturated rings. The van der Waals surface area contributed by atoms with Gasteiger partial charge in [-0.2, -0.15) is 11.8 Å². The molecule has 0 aromatic rings. The first-order valence-corrected chi connectivity index (χ1v) is 8.47. The summed E-state index contributed by atoms with van der Waals surface area (Å²) in [7, 11) is -3.34. The van der Waals surface area contributed by atoms with Gasteiger partial charge >= 0.3 is 5.97 Å². The normalized spacial score (nSPS) is 13.5. The first kappa shape index (κ1) is 16.7. The minimum Gasteiger partial charge on any atom is -0.481 e. The number of sulfonamides is 1. The van der Waals surface area contributed by atoms with Crippen LogP contribution in [0.3, 0.4) is 0 Å². The molecule has 1 atom stereocenters. The molecule has 0 aliphatic rings. The minimum atomic E-state index is -3.34. The van der Waals surface area contributed by atoms with E-state index < -0.39 is 16.0 Å². The highest BCUT2D eigenvalue weighted by Gasteiger charge is 2.14. The van der Waals surface area contributed by atoms with Gasteiger partial charge in [0.1, 0.15) is 0 Å². The van der Waals surface area contributed by atoms with Gasteiger partial charge in [-0.3, -0.25) is 4.79 Å². The Kier molecular flexibility index (Phi) is 8.63. The van der Waals surface area contributed by atoms with Gasteiger partial charge in [-0.25, -0.2) is 13.1 Å². The summed E-state index contributed by atoms with van der Waals surface area (Å²) in [5.74, 6) is 0.866. The molecule has 0 aliphatic heterocycles. The number of thioether (sulfide) groups is 1. The zero-order valence-corrected chi connectivity index (χ0v) is 11.9. The third-order valence-electron chi connectivity index (χ3n) is 2.08. The summed E-state index contributed by atoms with van der Waals surface area (Å²) in [4.78, 5) is 10.3. The highest BCUT2D eigenvalue weighted by molar-refractivity contribution is 7.99. The topological polar surface area (TPSA) is 83.5 Å². The van der Waals surface area contributed by atoms with Crippen molar-refractivity contribution in [3.05, 3.63) is 0 Å². The lowest BCUT2D eigenvalue weighted by molar-refractivity contribution is -0.137. The average molecular weight is 283 g/mol. The maximum absolute atomic E-state index is 11.5. The van der Waals surface area contributed by atoms with Crippen LogP contribution in [0, 0.1) is 0 Å². The molecule has 0 amide bonds. The van der Waals surface area contributed by atoms with Crippen molar-refractivity contribution in [2.24, 2.45) is 0 Å². The molecule has 5 nitrogen and oxygen atoms in total. The molecule has 0 rings (SSSR count). The maximum atomic E-state index is 11.5. The Balaban J connectivity index is 3.86. The molecule has 1 unspecified atom stereocenters. The van der Waals surface area contributed by atoms with Gasteiger partial charge in [0.15, 0.2) is 0 Å². The van der Waals surface area contributed by atoms with Crippen LogP contribution in [0.15, 0.2) is 0 Å². The summed E-state index contributed by atoms with van der Waals surface area (Å²) in [5.41, 5.74) is 0. The zero-order chi connectivity index (χ0) is 13.3. The van der Waals surface area contributed by atoms with Gasteiger partial charge in [0.05, 0.1) is 5.75 Å². The average Bonchev–Trinajstić information content (AvgIpc) is 2.16. The third-order valence-corrected chi connectivity index (χ3v) is 4.60. The molecule has 0 radical (unpaired) electrons. The lowest BCUT2D eigenvalue weighted by atomic mass is 10.3. The molecule has 0 aromatic carbocycles. The second-order valence-corrected chi connectivity index (χ2v) is 7.09. The molecular weight excluding hydrogens is 262 g/mol. The number of carbonyl (C=O) groups is 1. The fourth-order valence-corrected chi connectivity index (χ4v) is 3.42. The van der Waals surface area contributed by atoms with E-state index >= 15 is 0 Å². The number of hydrogen-bond donors (Lipinski definition) is 2. The number of carboxylic acids is 1.